The van der Waals surface area contributed by atoms with Gasteiger partial charge >= 0.3 is 0 Å². The monoisotopic (exact) mass is 344 g/mol. The van der Waals surface area contributed by atoms with Crippen LogP contribution in [0.4, 0.5) is 0 Å². The van der Waals surface area contributed by atoms with Gasteiger partial charge in [0.05, 0.1) is 12.4 Å². The molecular weight excluding hydrogens is 320 g/mol. The molecule has 0 aromatic carbocycles. The Morgan fingerprint density at radius 1 is 1.32 bits per heavy atom. The summed E-state index contributed by atoms with van der Waals surface area (Å²) in [5, 5.41) is 0. The molecule has 2 aliphatic heterocycles. The molecule has 124 valence electrons. The maximum atomic E-state index is 11.3. The van der Waals surface area contributed by atoms with Crippen LogP contribution in [-0.4, -0.2) is 45.3 Å². The average Bonchev–Trinajstić information content (AvgIpc) is 3.10. The van der Waals surface area contributed by atoms with Gasteiger partial charge in [0.1, 0.15) is 0 Å². The van der Waals surface area contributed by atoms with Crippen molar-refractivity contribution in [1.29, 1.82) is 0 Å². The van der Waals surface area contributed by atoms with Gasteiger partial charge in [-0.1, -0.05) is 0 Å². The first-order valence-electron chi connectivity index (χ1n) is 7.89. The van der Waals surface area contributed by atoms with Crippen molar-refractivity contribution in [3.05, 3.63) is 21.9 Å². The topological polar surface area (TPSA) is 58.6 Å². The minimum atomic E-state index is -3.09. The molecule has 2 saturated heterocycles. The molecule has 7 heteroatoms. The van der Waals surface area contributed by atoms with Gasteiger partial charge in [-0.2, -0.15) is 0 Å². The van der Waals surface area contributed by atoms with Crippen molar-refractivity contribution < 1.29 is 13.2 Å². The van der Waals surface area contributed by atoms with Crippen LogP contribution in [0.2, 0.25) is 0 Å². The summed E-state index contributed by atoms with van der Waals surface area (Å²) in [6.07, 6.45) is 5.62. The van der Waals surface area contributed by atoms with E-state index in [1.807, 2.05) is 11.3 Å². The van der Waals surface area contributed by atoms with Gasteiger partial charge in [-0.25, -0.2) is 13.1 Å². The number of rotatable bonds is 5. The van der Waals surface area contributed by atoms with E-state index < -0.39 is 10.0 Å². The highest BCUT2D eigenvalue weighted by Gasteiger charge is 2.23. The highest BCUT2D eigenvalue weighted by Crippen LogP contribution is 2.33. The number of sulfonamides is 1. The summed E-state index contributed by atoms with van der Waals surface area (Å²) in [4.78, 5) is 5.13. The van der Waals surface area contributed by atoms with Crippen LogP contribution < -0.4 is 4.72 Å². The van der Waals surface area contributed by atoms with Crippen LogP contribution in [0.3, 0.4) is 0 Å². The van der Waals surface area contributed by atoms with Crippen molar-refractivity contribution in [2.45, 2.75) is 44.4 Å². The first-order chi connectivity index (χ1) is 10.5. The van der Waals surface area contributed by atoms with Crippen molar-refractivity contribution in [3.8, 4) is 0 Å². The molecule has 0 radical (unpaired) electrons. The molecule has 0 bridgehead atoms. The van der Waals surface area contributed by atoms with Gasteiger partial charge in [-0.3, -0.25) is 4.90 Å². The molecule has 1 atom stereocenters. The average molecular weight is 345 g/mol. The summed E-state index contributed by atoms with van der Waals surface area (Å²) in [7, 11) is -3.09. The fourth-order valence-corrected chi connectivity index (χ4v) is 5.17. The molecule has 2 fully saturated rings. The lowest BCUT2D eigenvalue weighted by atomic mass is 10.1. The van der Waals surface area contributed by atoms with Gasteiger partial charge in [-0.05, 0) is 37.8 Å². The van der Waals surface area contributed by atoms with Crippen LogP contribution in [0.5, 0.6) is 0 Å². The standard InChI is InChI=1S/C15H24N2O3S2/c1-22(18,19)16-12-6-8-17(9-7-12)11-13-4-5-15(21-13)14-3-2-10-20-14/h4-5,12,14,16H,2-3,6-11H2,1H3. The van der Waals surface area contributed by atoms with E-state index in [9.17, 15) is 8.42 Å². The maximum Gasteiger partial charge on any atom is 0.208 e. The number of likely N-dealkylation sites (tertiary alicyclic amines) is 1. The molecule has 3 rings (SSSR count). The van der Waals surface area contributed by atoms with Gasteiger partial charge in [0.15, 0.2) is 0 Å². The molecule has 22 heavy (non-hydrogen) atoms. The Bertz CT molecular complexity index is 586. The fraction of sp³-hybridized carbons (Fsp3) is 0.733. The van der Waals surface area contributed by atoms with Crippen molar-refractivity contribution in [2.24, 2.45) is 0 Å². The highest BCUT2D eigenvalue weighted by molar-refractivity contribution is 7.88. The number of hydrogen-bond acceptors (Lipinski definition) is 5. The number of piperidine rings is 1. The third kappa shape index (κ3) is 4.52. The van der Waals surface area contributed by atoms with Crippen LogP contribution in [0, 0.1) is 0 Å². The fourth-order valence-electron chi connectivity index (χ4n) is 3.19. The van der Waals surface area contributed by atoms with Crippen LogP contribution in [0.1, 0.15) is 41.5 Å². The number of thiophene rings is 1. The molecule has 1 aromatic rings. The molecule has 0 aliphatic carbocycles. The molecule has 0 amide bonds. The van der Waals surface area contributed by atoms with E-state index in [1.54, 1.807) is 0 Å². The molecule has 0 saturated carbocycles. The number of ether oxygens (including phenoxy) is 1. The zero-order valence-corrected chi connectivity index (χ0v) is 14.6. The highest BCUT2D eigenvalue weighted by atomic mass is 32.2. The van der Waals surface area contributed by atoms with Crippen molar-refractivity contribution in [2.75, 3.05) is 26.0 Å². The Kier molecular flexibility index (Phi) is 5.19. The zero-order valence-electron chi connectivity index (χ0n) is 13.0. The Balaban J connectivity index is 1.48. The SMILES string of the molecule is CS(=O)(=O)NC1CCN(Cc2ccc(C3CCCO3)s2)CC1. The molecule has 3 heterocycles. The zero-order chi connectivity index (χ0) is 15.6. The lowest BCUT2D eigenvalue weighted by Crippen LogP contribution is -2.43. The van der Waals surface area contributed by atoms with E-state index in [4.69, 9.17) is 4.74 Å². The van der Waals surface area contributed by atoms with E-state index in [-0.39, 0.29) is 6.04 Å². The third-order valence-corrected chi connectivity index (χ3v) is 6.20. The van der Waals surface area contributed by atoms with Crippen LogP contribution in [-0.2, 0) is 21.3 Å². The molecule has 1 unspecified atom stereocenters. The van der Waals surface area contributed by atoms with Crippen LogP contribution in [0.25, 0.3) is 0 Å². The van der Waals surface area contributed by atoms with Crippen LogP contribution >= 0.6 is 11.3 Å². The Morgan fingerprint density at radius 2 is 2.09 bits per heavy atom. The summed E-state index contributed by atoms with van der Waals surface area (Å²) in [5.74, 6) is 0. The quantitative estimate of drug-likeness (QED) is 0.889. The van der Waals surface area contributed by atoms with Crippen LogP contribution in [0.15, 0.2) is 12.1 Å². The summed E-state index contributed by atoms with van der Waals surface area (Å²) in [6, 6.07) is 4.51. The predicted molar refractivity (Wildman–Crippen MR) is 88.5 cm³/mol. The van der Waals surface area contributed by atoms with Gasteiger partial charge in [0.25, 0.3) is 0 Å². The minimum absolute atomic E-state index is 0.0945. The number of hydrogen-bond donors (Lipinski definition) is 1. The molecule has 5 nitrogen and oxygen atoms in total. The van der Waals surface area contributed by atoms with E-state index in [2.05, 4.69) is 21.8 Å². The Morgan fingerprint density at radius 3 is 2.73 bits per heavy atom. The normalized spacial score (nSPS) is 24.9. The number of nitrogens with zero attached hydrogens (tertiary/aromatic N) is 1. The summed E-state index contributed by atoms with van der Waals surface area (Å²) in [6.45, 7) is 3.74. The molecule has 0 spiro atoms. The molecule has 1 N–H and O–H groups in total. The Hall–Kier alpha value is -0.470. The predicted octanol–water partition coefficient (Wildman–Crippen LogP) is 2.11. The van der Waals surface area contributed by atoms with Gasteiger partial charge in [0.2, 0.25) is 10.0 Å². The first-order valence-corrected chi connectivity index (χ1v) is 10.6. The lowest BCUT2D eigenvalue weighted by molar-refractivity contribution is 0.114. The maximum absolute atomic E-state index is 11.3. The molecule has 1 aromatic heterocycles. The van der Waals surface area contributed by atoms with Crippen molar-refractivity contribution in [1.82, 2.24) is 9.62 Å². The second kappa shape index (κ2) is 6.97. The number of nitrogens with one attached hydrogen (secondary N) is 1. The van der Waals surface area contributed by atoms with E-state index in [0.717, 1.165) is 45.5 Å². The second-order valence-corrected chi connectivity index (χ2v) is 9.23. The van der Waals surface area contributed by atoms with Gasteiger partial charge in [-0.15, -0.1) is 11.3 Å². The summed E-state index contributed by atoms with van der Waals surface area (Å²) in [5.41, 5.74) is 0. The Labute approximate surface area is 136 Å². The van der Waals surface area contributed by atoms with Gasteiger partial charge in [0, 0.05) is 42.0 Å². The second-order valence-electron chi connectivity index (χ2n) is 6.25. The molecular formula is C15H24N2O3S2. The van der Waals surface area contributed by atoms with E-state index in [1.165, 1.54) is 22.4 Å². The first kappa shape index (κ1) is 16.4. The van der Waals surface area contributed by atoms with Crippen molar-refractivity contribution in [3.63, 3.8) is 0 Å². The molecule has 2 aliphatic rings. The minimum Gasteiger partial charge on any atom is -0.373 e. The third-order valence-electron chi connectivity index (χ3n) is 4.28. The lowest BCUT2D eigenvalue weighted by Gasteiger charge is -2.31. The van der Waals surface area contributed by atoms with E-state index in [0.29, 0.717) is 6.10 Å². The summed E-state index contributed by atoms with van der Waals surface area (Å²) < 4.78 is 31.0. The largest absolute Gasteiger partial charge is 0.373 e. The van der Waals surface area contributed by atoms with Crippen molar-refractivity contribution >= 4 is 21.4 Å². The van der Waals surface area contributed by atoms with E-state index >= 15 is 0 Å². The summed E-state index contributed by atoms with van der Waals surface area (Å²) >= 11 is 1.86. The van der Waals surface area contributed by atoms with Gasteiger partial charge < -0.3 is 4.74 Å². The smallest absolute Gasteiger partial charge is 0.208 e.